The predicted octanol–water partition coefficient (Wildman–Crippen LogP) is 5.96. The quantitative estimate of drug-likeness (QED) is 0.242. The van der Waals surface area contributed by atoms with Gasteiger partial charge < -0.3 is 10.2 Å². The maximum Gasteiger partial charge on any atom is 0.244 e. The Morgan fingerprint density at radius 1 is 0.929 bits per heavy atom. The Hall–Kier alpha value is -3.36. The van der Waals surface area contributed by atoms with Crippen LogP contribution in [-0.2, 0) is 38.0 Å². The Labute approximate surface area is 255 Å². The third-order valence-electron chi connectivity index (χ3n) is 7.10. The topological polar surface area (TPSA) is 86.8 Å². The molecule has 7 nitrogen and oxygen atoms in total. The van der Waals surface area contributed by atoms with E-state index in [1.54, 1.807) is 30.3 Å². The van der Waals surface area contributed by atoms with E-state index in [-0.39, 0.29) is 24.3 Å². The van der Waals surface area contributed by atoms with Gasteiger partial charge in [-0.3, -0.25) is 13.9 Å². The molecule has 42 heavy (non-hydrogen) atoms. The van der Waals surface area contributed by atoms with Crippen LogP contribution in [0.15, 0.2) is 78.9 Å². The first-order valence-corrected chi connectivity index (χ1v) is 16.5. The molecule has 3 aromatic carbocycles. The Bertz CT molecular complexity index is 1440. The fraction of sp³-hybridized carbons (Fsp3) is 0.394. The summed E-state index contributed by atoms with van der Waals surface area (Å²) in [6.45, 7) is 8.31. The first-order chi connectivity index (χ1) is 19.8. The average molecular weight is 612 g/mol. The summed E-state index contributed by atoms with van der Waals surface area (Å²) in [7, 11) is -3.84. The van der Waals surface area contributed by atoms with Gasteiger partial charge in [0, 0.05) is 24.5 Å². The number of anilines is 1. The number of hydrogen-bond donors (Lipinski definition) is 1. The first kappa shape index (κ1) is 33.1. The predicted molar refractivity (Wildman–Crippen MR) is 171 cm³/mol. The van der Waals surface area contributed by atoms with Crippen LogP contribution in [0.1, 0.15) is 57.2 Å². The van der Waals surface area contributed by atoms with Crippen molar-refractivity contribution in [2.45, 2.75) is 65.0 Å². The van der Waals surface area contributed by atoms with Gasteiger partial charge in [-0.05, 0) is 46.7 Å². The molecule has 3 aromatic rings. The number of sulfonamides is 1. The van der Waals surface area contributed by atoms with Crippen molar-refractivity contribution in [2.24, 2.45) is 0 Å². The van der Waals surface area contributed by atoms with Crippen molar-refractivity contribution in [3.05, 3.63) is 101 Å². The third-order valence-corrected chi connectivity index (χ3v) is 8.61. The number of nitrogens with one attached hydrogen (secondary N) is 1. The molecule has 226 valence electrons. The smallest absolute Gasteiger partial charge is 0.244 e. The summed E-state index contributed by atoms with van der Waals surface area (Å²) >= 11 is 6.50. The number of nitrogens with zero attached hydrogens (tertiary/aromatic N) is 2. The molecule has 0 radical (unpaired) electrons. The largest absolute Gasteiger partial charge is 0.354 e. The number of rotatable bonds is 13. The maximum absolute atomic E-state index is 14.2. The van der Waals surface area contributed by atoms with Crippen LogP contribution in [-0.4, -0.2) is 50.5 Å². The fourth-order valence-electron chi connectivity index (χ4n) is 4.61. The Balaban J connectivity index is 2.04. The molecule has 3 rings (SSSR count). The summed E-state index contributed by atoms with van der Waals surface area (Å²) < 4.78 is 27.1. The molecule has 0 saturated heterocycles. The lowest BCUT2D eigenvalue weighted by Crippen LogP contribution is -2.53. The van der Waals surface area contributed by atoms with E-state index in [1.807, 2.05) is 55.5 Å². The molecule has 0 aliphatic heterocycles. The van der Waals surface area contributed by atoms with Crippen molar-refractivity contribution in [1.82, 2.24) is 10.2 Å². The highest BCUT2D eigenvalue weighted by atomic mass is 35.5. The Morgan fingerprint density at radius 3 is 2.12 bits per heavy atom. The van der Waals surface area contributed by atoms with Gasteiger partial charge in [-0.25, -0.2) is 8.42 Å². The molecule has 0 aliphatic rings. The lowest BCUT2D eigenvalue weighted by atomic mass is 9.87. The SMILES string of the molecule is CCCCNC(=O)[C@H](Cc1ccccc1)N(Cc1ccccc1Cl)C(=O)CN(c1ccc(C(C)(C)C)cc1)S(C)(=O)=O. The second kappa shape index (κ2) is 14.7. The van der Waals surface area contributed by atoms with Gasteiger partial charge in [0.15, 0.2) is 0 Å². The lowest BCUT2D eigenvalue weighted by Gasteiger charge is -2.33. The highest BCUT2D eigenvalue weighted by molar-refractivity contribution is 7.92. The zero-order valence-corrected chi connectivity index (χ0v) is 26.7. The van der Waals surface area contributed by atoms with E-state index in [0.29, 0.717) is 22.8 Å². The number of halogens is 1. The minimum Gasteiger partial charge on any atom is -0.354 e. The highest BCUT2D eigenvalue weighted by Crippen LogP contribution is 2.27. The van der Waals surface area contributed by atoms with Gasteiger partial charge in [-0.2, -0.15) is 0 Å². The zero-order valence-electron chi connectivity index (χ0n) is 25.1. The highest BCUT2D eigenvalue weighted by Gasteiger charge is 2.33. The van der Waals surface area contributed by atoms with E-state index in [0.717, 1.165) is 34.5 Å². The molecule has 0 fully saturated rings. The number of carbonyl (C=O) groups excluding carboxylic acids is 2. The molecule has 0 bridgehead atoms. The second-order valence-electron chi connectivity index (χ2n) is 11.5. The lowest BCUT2D eigenvalue weighted by molar-refractivity contribution is -0.140. The zero-order chi connectivity index (χ0) is 30.9. The monoisotopic (exact) mass is 611 g/mol. The summed E-state index contributed by atoms with van der Waals surface area (Å²) in [4.78, 5) is 29.3. The number of benzene rings is 3. The van der Waals surface area contributed by atoms with E-state index in [1.165, 1.54) is 4.90 Å². The number of amides is 2. The molecule has 2 amide bonds. The van der Waals surface area contributed by atoms with E-state index >= 15 is 0 Å². The van der Waals surface area contributed by atoms with Gasteiger partial charge in [0.2, 0.25) is 21.8 Å². The summed E-state index contributed by atoms with van der Waals surface area (Å²) in [5.41, 5.74) is 2.84. The number of carbonyl (C=O) groups is 2. The molecule has 1 N–H and O–H groups in total. The Morgan fingerprint density at radius 2 is 1.55 bits per heavy atom. The van der Waals surface area contributed by atoms with Gasteiger partial charge in [0.1, 0.15) is 12.6 Å². The maximum atomic E-state index is 14.2. The van der Waals surface area contributed by atoms with Crippen molar-refractivity contribution < 1.29 is 18.0 Å². The average Bonchev–Trinajstić information content (AvgIpc) is 2.94. The van der Waals surface area contributed by atoms with E-state index in [4.69, 9.17) is 11.6 Å². The first-order valence-electron chi connectivity index (χ1n) is 14.2. The normalized spacial score (nSPS) is 12.4. The van der Waals surface area contributed by atoms with Crippen LogP contribution >= 0.6 is 11.6 Å². The van der Waals surface area contributed by atoms with Crippen LogP contribution in [0.2, 0.25) is 5.02 Å². The van der Waals surface area contributed by atoms with Gasteiger partial charge >= 0.3 is 0 Å². The molecule has 1 atom stereocenters. The van der Waals surface area contributed by atoms with Crippen LogP contribution in [0.5, 0.6) is 0 Å². The van der Waals surface area contributed by atoms with Crippen molar-refractivity contribution in [3.8, 4) is 0 Å². The van der Waals surface area contributed by atoms with Crippen LogP contribution in [0, 0.1) is 0 Å². The second-order valence-corrected chi connectivity index (χ2v) is 13.8. The molecule has 9 heteroatoms. The molecule has 0 aliphatic carbocycles. The van der Waals surface area contributed by atoms with Crippen LogP contribution in [0.4, 0.5) is 5.69 Å². The fourth-order valence-corrected chi connectivity index (χ4v) is 5.66. The molecular weight excluding hydrogens is 570 g/mol. The molecule has 0 heterocycles. The molecule has 0 unspecified atom stereocenters. The van der Waals surface area contributed by atoms with Gasteiger partial charge in [-0.15, -0.1) is 0 Å². The molecule has 0 spiro atoms. The Kier molecular flexibility index (Phi) is 11.6. The summed E-state index contributed by atoms with van der Waals surface area (Å²) in [5, 5.41) is 3.43. The van der Waals surface area contributed by atoms with E-state index in [2.05, 4.69) is 26.1 Å². The molecule has 0 aromatic heterocycles. The molecule has 0 saturated carbocycles. The van der Waals surface area contributed by atoms with E-state index in [9.17, 15) is 18.0 Å². The number of hydrogen-bond acceptors (Lipinski definition) is 4. The standard InChI is InChI=1S/C33H42ClN3O4S/c1-6-7-21-35-32(39)30(22-25-13-9-8-10-14-25)36(23-26-15-11-12-16-29(26)34)31(38)24-37(42(5,40)41)28-19-17-27(18-20-28)33(2,3)4/h8-20,30H,6-7,21-24H2,1-5H3,(H,35,39)/t30-/m0/s1. The minimum absolute atomic E-state index is 0.0395. The van der Waals surface area contributed by atoms with Crippen LogP contribution in [0.25, 0.3) is 0 Å². The van der Waals surface area contributed by atoms with Crippen molar-refractivity contribution >= 4 is 39.1 Å². The van der Waals surface area contributed by atoms with Crippen molar-refractivity contribution in [1.29, 1.82) is 0 Å². The summed E-state index contributed by atoms with van der Waals surface area (Å²) in [5.74, 6) is -0.806. The van der Waals surface area contributed by atoms with Crippen LogP contribution in [0.3, 0.4) is 0 Å². The minimum atomic E-state index is -3.84. The van der Waals surface area contributed by atoms with Crippen LogP contribution < -0.4 is 9.62 Å². The van der Waals surface area contributed by atoms with Gasteiger partial charge in [0.05, 0.1) is 11.9 Å². The van der Waals surface area contributed by atoms with Gasteiger partial charge in [-0.1, -0.05) is 106 Å². The summed E-state index contributed by atoms with van der Waals surface area (Å²) in [6, 6.07) is 22.9. The third kappa shape index (κ3) is 9.33. The van der Waals surface area contributed by atoms with Gasteiger partial charge in [0.25, 0.3) is 0 Å². The van der Waals surface area contributed by atoms with Crippen molar-refractivity contribution in [3.63, 3.8) is 0 Å². The van der Waals surface area contributed by atoms with Crippen molar-refractivity contribution in [2.75, 3.05) is 23.7 Å². The summed E-state index contributed by atoms with van der Waals surface area (Å²) in [6.07, 6.45) is 3.04. The molecular formula is C33H42ClN3O4S. The van der Waals surface area contributed by atoms with E-state index < -0.39 is 28.5 Å². The number of unbranched alkanes of at least 4 members (excludes halogenated alkanes) is 1.